The van der Waals surface area contributed by atoms with Gasteiger partial charge in [-0.25, -0.2) is 13.1 Å². The minimum Gasteiger partial charge on any atom is -0.299 e. The van der Waals surface area contributed by atoms with Gasteiger partial charge in [0.15, 0.2) is 0 Å². The van der Waals surface area contributed by atoms with Crippen molar-refractivity contribution in [3.8, 4) is 11.1 Å². The van der Waals surface area contributed by atoms with Crippen molar-refractivity contribution in [2.45, 2.75) is 11.8 Å². The molecule has 4 nitrogen and oxygen atoms in total. The molecule has 0 aliphatic carbocycles. The Balaban J connectivity index is 2.22. The van der Waals surface area contributed by atoms with Crippen LogP contribution in [0.4, 0.5) is 0 Å². The summed E-state index contributed by atoms with van der Waals surface area (Å²) in [5, 5.41) is 0.645. The Morgan fingerprint density at radius 1 is 1.00 bits per heavy atom. The summed E-state index contributed by atoms with van der Waals surface area (Å²) in [5.74, 6) is -0.239. The van der Waals surface area contributed by atoms with Crippen molar-refractivity contribution >= 4 is 27.4 Å². The molecule has 0 atom stereocenters. The maximum Gasteiger partial charge on any atom is 0.240 e. The lowest BCUT2D eigenvalue weighted by atomic mass is 10.1. The van der Waals surface area contributed by atoms with Crippen molar-refractivity contribution in [2.24, 2.45) is 0 Å². The van der Waals surface area contributed by atoms with Crippen molar-refractivity contribution in [3.05, 3.63) is 53.6 Å². The van der Waals surface area contributed by atoms with Gasteiger partial charge >= 0.3 is 0 Å². The average molecular weight is 324 g/mol. The normalized spacial score (nSPS) is 11.3. The first-order chi connectivity index (χ1) is 9.88. The van der Waals surface area contributed by atoms with Gasteiger partial charge in [0.1, 0.15) is 5.78 Å². The van der Waals surface area contributed by atoms with Crippen LogP contribution in [0.3, 0.4) is 0 Å². The van der Waals surface area contributed by atoms with Gasteiger partial charge in [-0.05, 0) is 42.3 Å². The highest BCUT2D eigenvalue weighted by atomic mass is 35.5. The summed E-state index contributed by atoms with van der Waals surface area (Å²) in [6.45, 7) is 1.12. The zero-order valence-electron chi connectivity index (χ0n) is 11.3. The van der Waals surface area contributed by atoms with Crippen LogP contribution in [0.1, 0.15) is 6.92 Å². The fourth-order valence-electron chi connectivity index (χ4n) is 1.75. The van der Waals surface area contributed by atoms with Gasteiger partial charge in [-0.15, -0.1) is 0 Å². The molecule has 110 valence electrons. The van der Waals surface area contributed by atoms with Crippen LogP contribution in [0.2, 0.25) is 5.02 Å². The fraction of sp³-hybridized carbons (Fsp3) is 0.133. The van der Waals surface area contributed by atoms with Gasteiger partial charge in [0.2, 0.25) is 10.0 Å². The standard InChI is InChI=1S/C15H14ClNO3S/c1-11(18)10-17-21(19,20)15-8-4-13(5-9-15)12-2-6-14(16)7-3-12/h2-9,17H,10H2,1H3. The number of ketones is 1. The van der Waals surface area contributed by atoms with E-state index < -0.39 is 10.0 Å². The van der Waals surface area contributed by atoms with Gasteiger partial charge in [-0.3, -0.25) is 4.79 Å². The number of carbonyl (C=O) groups excluding carboxylic acids is 1. The van der Waals surface area contributed by atoms with Crippen LogP contribution >= 0.6 is 11.6 Å². The first-order valence-electron chi connectivity index (χ1n) is 6.23. The molecule has 2 rings (SSSR count). The number of benzene rings is 2. The summed E-state index contributed by atoms with van der Waals surface area (Å²) in [6, 6.07) is 13.7. The molecule has 2 aromatic carbocycles. The van der Waals surface area contributed by atoms with E-state index in [4.69, 9.17) is 11.6 Å². The van der Waals surface area contributed by atoms with Gasteiger partial charge < -0.3 is 0 Å². The highest BCUT2D eigenvalue weighted by molar-refractivity contribution is 7.89. The average Bonchev–Trinajstić information content (AvgIpc) is 2.46. The van der Waals surface area contributed by atoms with E-state index in [1.807, 2.05) is 12.1 Å². The lowest BCUT2D eigenvalue weighted by Gasteiger charge is -2.07. The van der Waals surface area contributed by atoms with E-state index in [9.17, 15) is 13.2 Å². The largest absolute Gasteiger partial charge is 0.299 e. The maximum atomic E-state index is 11.9. The molecule has 21 heavy (non-hydrogen) atoms. The molecule has 0 saturated carbocycles. The molecular weight excluding hydrogens is 310 g/mol. The fourth-order valence-corrected chi connectivity index (χ4v) is 2.93. The van der Waals surface area contributed by atoms with E-state index in [1.54, 1.807) is 24.3 Å². The van der Waals surface area contributed by atoms with E-state index in [0.29, 0.717) is 5.02 Å². The number of rotatable bonds is 5. The molecule has 0 unspecified atom stereocenters. The summed E-state index contributed by atoms with van der Waals surface area (Å²) in [4.78, 5) is 11.0. The third kappa shape index (κ3) is 4.14. The Morgan fingerprint density at radius 3 is 1.95 bits per heavy atom. The summed E-state index contributed by atoms with van der Waals surface area (Å²) >= 11 is 5.83. The van der Waals surface area contributed by atoms with E-state index in [0.717, 1.165) is 11.1 Å². The SMILES string of the molecule is CC(=O)CNS(=O)(=O)c1ccc(-c2ccc(Cl)cc2)cc1. The van der Waals surface area contributed by atoms with Gasteiger partial charge in [-0.2, -0.15) is 0 Å². The molecule has 0 heterocycles. The molecule has 6 heteroatoms. The molecule has 0 fully saturated rings. The van der Waals surface area contributed by atoms with Crippen LogP contribution in [-0.4, -0.2) is 20.7 Å². The Kier molecular flexibility index (Phi) is 4.77. The molecule has 0 aliphatic rings. The predicted molar refractivity (Wildman–Crippen MR) is 82.8 cm³/mol. The first-order valence-corrected chi connectivity index (χ1v) is 8.10. The van der Waals surface area contributed by atoms with Crippen molar-refractivity contribution in [2.75, 3.05) is 6.54 Å². The smallest absolute Gasteiger partial charge is 0.240 e. The molecule has 0 amide bonds. The molecule has 0 radical (unpaired) electrons. The van der Waals surface area contributed by atoms with Crippen LogP contribution in [0.5, 0.6) is 0 Å². The number of sulfonamides is 1. The van der Waals surface area contributed by atoms with Gasteiger partial charge in [0.25, 0.3) is 0 Å². The summed E-state index contributed by atoms with van der Waals surface area (Å²) < 4.78 is 26.1. The highest BCUT2D eigenvalue weighted by Crippen LogP contribution is 2.22. The van der Waals surface area contributed by atoms with Crippen LogP contribution in [0, 0.1) is 0 Å². The lowest BCUT2D eigenvalue weighted by Crippen LogP contribution is -2.28. The predicted octanol–water partition coefficient (Wildman–Crippen LogP) is 2.87. The molecule has 0 saturated heterocycles. The summed E-state index contributed by atoms with van der Waals surface area (Å²) in [7, 11) is -3.65. The number of Topliss-reactive ketones (excluding diaryl/α,β-unsaturated/α-hetero) is 1. The quantitative estimate of drug-likeness (QED) is 0.920. The number of hydrogen-bond acceptors (Lipinski definition) is 3. The molecule has 1 N–H and O–H groups in total. The van der Waals surface area contributed by atoms with Crippen LogP contribution in [0.15, 0.2) is 53.4 Å². The third-order valence-corrected chi connectivity index (χ3v) is 4.52. The van der Waals surface area contributed by atoms with E-state index in [2.05, 4.69) is 4.72 Å². The molecular formula is C15H14ClNO3S. The Morgan fingerprint density at radius 2 is 1.48 bits per heavy atom. The second-order valence-corrected chi connectivity index (χ2v) is 6.76. The second-order valence-electron chi connectivity index (χ2n) is 4.56. The van der Waals surface area contributed by atoms with E-state index in [1.165, 1.54) is 19.1 Å². The summed E-state index contributed by atoms with van der Waals surface area (Å²) in [5.41, 5.74) is 1.83. The van der Waals surface area contributed by atoms with Gasteiger partial charge in [0.05, 0.1) is 11.4 Å². The molecule has 2 aromatic rings. The monoisotopic (exact) mass is 323 g/mol. The zero-order valence-corrected chi connectivity index (χ0v) is 12.9. The molecule has 0 spiro atoms. The first kappa shape index (κ1) is 15.7. The van der Waals surface area contributed by atoms with Gasteiger partial charge in [0, 0.05) is 5.02 Å². The van der Waals surface area contributed by atoms with Crippen molar-refractivity contribution in [1.29, 1.82) is 0 Å². The van der Waals surface area contributed by atoms with Crippen LogP contribution in [0.25, 0.3) is 11.1 Å². The topological polar surface area (TPSA) is 63.2 Å². The second kappa shape index (κ2) is 6.39. The lowest BCUT2D eigenvalue weighted by molar-refractivity contribution is -0.115. The van der Waals surface area contributed by atoms with Crippen LogP contribution < -0.4 is 4.72 Å². The third-order valence-electron chi connectivity index (χ3n) is 2.85. The van der Waals surface area contributed by atoms with Crippen molar-refractivity contribution < 1.29 is 13.2 Å². The van der Waals surface area contributed by atoms with E-state index >= 15 is 0 Å². The number of hydrogen-bond donors (Lipinski definition) is 1. The zero-order chi connectivity index (χ0) is 15.5. The highest BCUT2D eigenvalue weighted by Gasteiger charge is 2.14. The number of halogens is 1. The Hall–Kier alpha value is -1.69. The minimum atomic E-state index is -3.65. The maximum absolute atomic E-state index is 11.9. The van der Waals surface area contributed by atoms with Crippen LogP contribution in [-0.2, 0) is 14.8 Å². The minimum absolute atomic E-state index is 0.126. The van der Waals surface area contributed by atoms with E-state index in [-0.39, 0.29) is 17.2 Å². The molecule has 0 bridgehead atoms. The number of carbonyl (C=O) groups is 1. The molecule has 0 aromatic heterocycles. The van der Waals surface area contributed by atoms with Crippen molar-refractivity contribution in [3.63, 3.8) is 0 Å². The number of nitrogens with one attached hydrogen (secondary N) is 1. The molecule has 0 aliphatic heterocycles. The Bertz CT molecular complexity index is 737. The summed E-state index contributed by atoms with van der Waals surface area (Å²) in [6.07, 6.45) is 0. The Labute approximate surface area is 128 Å². The van der Waals surface area contributed by atoms with Gasteiger partial charge in [-0.1, -0.05) is 35.9 Å². The van der Waals surface area contributed by atoms with Crippen molar-refractivity contribution in [1.82, 2.24) is 4.72 Å².